The van der Waals surface area contributed by atoms with Gasteiger partial charge in [0.25, 0.3) is 0 Å². The average molecular weight is 354 g/mol. The summed E-state index contributed by atoms with van der Waals surface area (Å²) in [4.78, 5) is 4.40. The van der Waals surface area contributed by atoms with Gasteiger partial charge in [0.2, 0.25) is 5.89 Å². The largest absolute Gasteiger partial charge is 0.437 e. The van der Waals surface area contributed by atoms with E-state index in [1.54, 1.807) is 22.9 Å². The first kappa shape index (κ1) is 15.6. The van der Waals surface area contributed by atoms with Crippen LogP contribution in [0, 0.1) is 12.7 Å². The molecule has 0 aliphatic carbocycles. The highest BCUT2D eigenvalue weighted by atomic mass is 35.5. The van der Waals surface area contributed by atoms with Crippen molar-refractivity contribution >= 4 is 34.9 Å². The molecule has 2 aromatic heterocycles. The number of hydrogen-bond acceptors (Lipinski definition) is 3. The van der Waals surface area contributed by atoms with Gasteiger partial charge in [0.05, 0.1) is 11.4 Å². The zero-order chi connectivity index (χ0) is 17.4. The van der Waals surface area contributed by atoms with E-state index in [9.17, 15) is 4.39 Å². The molecule has 0 saturated carbocycles. The molecule has 4 aromatic rings. The monoisotopic (exact) mass is 353 g/mol. The van der Waals surface area contributed by atoms with Gasteiger partial charge in [-0.05, 0) is 49.4 Å². The number of nitrogens with zero attached hydrogens (tertiary/aromatic N) is 3. The lowest BCUT2D eigenvalue weighted by atomic mass is 10.2. The molecule has 0 bridgehead atoms. The molecule has 4 rings (SSSR count). The fraction of sp³-hybridized carbons (Fsp3) is 0.0526. The van der Waals surface area contributed by atoms with E-state index >= 15 is 0 Å². The lowest BCUT2D eigenvalue weighted by molar-refractivity contribution is 0.589. The van der Waals surface area contributed by atoms with E-state index in [0.29, 0.717) is 16.7 Å². The molecule has 0 aliphatic rings. The molecule has 0 saturated heterocycles. The van der Waals surface area contributed by atoms with E-state index in [0.717, 1.165) is 22.4 Å². The molecule has 0 spiro atoms. The van der Waals surface area contributed by atoms with Crippen molar-refractivity contribution in [3.05, 3.63) is 76.6 Å². The second kappa shape index (κ2) is 6.18. The van der Waals surface area contributed by atoms with Crippen LogP contribution in [0.25, 0.3) is 28.9 Å². The molecule has 0 fully saturated rings. The Hall–Kier alpha value is -2.92. The maximum atomic E-state index is 13.1. The molecule has 0 atom stereocenters. The summed E-state index contributed by atoms with van der Waals surface area (Å²) >= 11 is 6.45. The molecule has 25 heavy (non-hydrogen) atoms. The highest BCUT2D eigenvalue weighted by molar-refractivity contribution is 6.31. The molecule has 2 heterocycles. The third kappa shape index (κ3) is 2.94. The first-order valence-corrected chi connectivity index (χ1v) is 8.04. The zero-order valence-electron chi connectivity index (χ0n) is 13.3. The molecular weight excluding hydrogens is 341 g/mol. The molecule has 0 radical (unpaired) electrons. The third-order valence-corrected chi connectivity index (χ3v) is 4.19. The second-order valence-corrected chi connectivity index (χ2v) is 5.89. The Balaban J connectivity index is 1.69. The third-order valence-electron chi connectivity index (χ3n) is 3.82. The molecule has 6 heteroatoms. The molecule has 0 N–H and O–H groups in total. The number of benzene rings is 2. The molecule has 124 valence electrons. The molecule has 0 unspecified atom stereocenters. The van der Waals surface area contributed by atoms with Gasteiger partial charge in [0.1, 0.15) is 16.5 Å². The van der Waals surface area contributed by atoms with Crippen LogP contribution in [0.5, 0.6) is 0 Å². The van der Waals surface area contributed by atoms with Gasteiger partial charge in [-0.25, -0.2) is 14.1 Å². The van der Waals surface area contributed by atoms with Crippen molar-refractivity contribution in [2.75, 3.05) is 0 Å². The van der Waals surface area contributed by atoms with Crippen molar-refractivity contribution in [3.8, 4) is 5.69 Å². The van der Waals surface area contributed by atoms with Gasteiger partial charge in [0.15, 0.2) is 5.58 Å². The van der Waals surface area contributed by atoms with Gasteiger partial charge in [-0.15, -0.1) is 0 Å². The highest BCUT2D eigenvalue weighted by Gasteiger charge is 2.13. The van der Waals surface area contributed by atoms with Gasteiger partial charge in [-0.2, -0.15) is 5.10 Å². The van der Waals surface area contributed by atoms with Crippen LogP contribution in [0.3, 0.4) is 0 Å². The van der Waals surface area contributed by atoms with Crippen LogP contribution in [0.2, 0.25) is 5.15 Å². The molecule has 2 aromatic carbocycles. The topological polar surface area (TPSA) is 43.9 Å². The quantitative estimate of drug-likeness (QED) is 0.503. The first-order chi connectivity index (χ1) is 12.1. The minimum absolute atomic E-state index is 0.306. The maximum absolute atomic E-state index is 13.1. The van der Waals surface area contributed by atoms with Gasteiger partial charge in [0, 0.05) is 11.6 Å². The summed E-state index contributed by atoms with van der Waals surface area (Å²) in [7, 11) is 0. The lowest BCUT2D eigenvalue weighted by Gasteiger charge is -2.02. The Labute approximate surface area is 148 Å². The van der Waals surface area contributed by atoms with Crippen molar-refractivity contribution in [3.63, 3.8) is 0 Å². The van der Waals surface area contributed by atoms with E-state index in [4.69, 9.17) is 16.0 Å². The van der Waals surface area contributed by atoms with Gasteiger partial charge < -0.3 is 4.42 Å². The Kier molecular flexibility index (Phi) is 3.86. The summed E-state index contributed by atoms with van der Waals surface area (Å²) in [5.74, 6) is 0.186. The second-order valence-electron chi connectivity index (χ2n) is 5.53. The number of hydrogen-bond donors (Lipinski definition) is 0. The van der Waals surface area contributed by atoms with Crippen molar-refractivity contribution in [1.29, 1.82) is 0 Å². The average Bonchev–Trinajstić information content (AvgIpc) is 3.14. The van der Waals surface area contributed by atoms with Crippen LogP contribution in [-0.2, 0) is 0 Å². The van der Waals surface area contributed by atoms with Crippen molar-refractivity contribution < 1.29 is 8.81 Å². The van der Waals surface area contributed by atoms with Crippen molar-refractivity contribution in [2.24, 2.45) is 0 Å². The number of aryl methyl sites for hydroxylation is 1. The van der Waals surface area contributed by atoms with Gasteiger partial charge in [-0.3, -0.25) is 0 Å². The summed E-state index contributed by atoms with van der Waals surface area (Å²) < 4.78 is 20.3. The number of halogens is 2. The minimum Gasteiger partial charge on any atom is -0.437 e. The fourth-order valence-electron chi connectivity index (χ4n) is 2.57. The molecule has 4 nitrogen and oxygen atoms in total. The maximum Gasteiger partial charge on any atom is 0.220 e. The van der Waals surface area contributed by atoms with E-state index in [1.165, 1.54) is 12.1 Å². The van der Waals surface area contributed by atoms with Crippen LogP contribution in [0.1, 0.15) is 17.1 Å². The number of oxazole rings is 1. The van der Waals surface area contributed by atoms with Crippen molar-refractivity contribution in [2.45, 2.75) is 6.92 Å². The fourth-order valence-corrected chi connectivity index (χ4v) is 2.90. The summed E-state index contributed by atoms with van der Waals surface area (Å²) in [5, 5.41) is 4.87. The summed E-state index contributed by atoms with van der Waals surface area (Å²) in [5.41, 5.74) is 3.73. The Bertz CT molecular complexity index is 1050. The SMILES string of the molecule is Cc1nn(-c2ccc(F)cc2)c(Cl)c1/C=C/c1nc2ccccc2o1. The normalized spacial score (nSPS) is 11.6. The van der Waals surface area contributed by atoms with Crippen LogP contribution >= 0.6 is 11.6 Å². The predicted molar refractivity (Wildman–Crippen MR) is 96.2 cm³/mol. The van der Waals surface area contributed by atoms with Crippen LogP contribution in [0.15, 0.2) is 52.9 Å². The van der Waals surface area contributed by atoms with Gasteiger partial charge >= 0.3 is 0 Å². The summed E-state index contributed by atoms with van der Waals surface area (Å²) in [6.45, 7) is 1.86. The first-order valence-electron chi connectivity index (χ1n) is 7.66. The molecular formula is C19H13ClFN3O. The van der Waals surface area contributed by atoms with Crippen LogP contribution < -0.4 is 0 Å². The van der Waals surface area contributed by atoms with Crippen LogP contribution in [0.4, 0.5) is 4.39 Å². The molecule has 0 aliphatic heterocycles. The number of para-hydroxylation sites is 2. The standard InChI is InChI=1S/C19H13ClFN3O/c1-12-15(10-11-18-22-16-4-2-3-5-17(16)25-18)19(20)24(23-12)14-8-6-13(21)7-9-14/h2-11H,1H3/b11-10+. The summed E-state index contributed by atoms with van der Waals surface area (Å²) in [6, 6.07) is 13.6. The number of aromatic nitrogens is 3. The molecule has 0 amide bonds. The minimum atomic E-state index is -0.306. The summed E-state index contributed by atoms with van der Waals surface area (Å²) in [6.07, 6.45) is 3.57. The Morgan fingerprint density at radius 2 is 1.84 bits per heavy atom. The predicted octanol–water partition coefficient (Wildman–Crippen LogP) is 5.28. The van der Waals surface area contributed by atoms with E-state index in [2.05, 4.69) is 10.1 Å². The zero-order valence-corrected chi connectivity index (χ0v) is 14.0. The van der Waals surface area contributed by atoms with Crippen molar-refractivity contribution in [1.82, 2.24) is 14.8 Å². The van der Waals surface area contributed by atoms with E-state index in [-0.39, 0.29) is 5.82 Å². The van der Waals surface area contributed by atoms with Crippen LogP contribution in [-0.4, -0.2) is 14.8 Å². The number of rotatable bonds is 3. The Morgan fingerprint density at radius 3 is 2.60 bits per heavy atom. The van der Waals surface area contributed by atoms with E-state index in [1.807, 2.05) is 37.3 Å². The lowest BCUT2D eigenvalue weighted by Crippen LogP contribution is -1.96. The smallest absolute Gasteiger partial charge is 0.220 e. The Morgan fingerprint density at radius 1 is 1.08 bits per heavy atom. The number of fused-ring (bicyclic) bond motifs is 1. The highest BCUT2D eigenvalue weighted by Crippen LogP contribution is 2.26. The van der Waals surface area contributed by atoms with Gasteiger partial charge in [-0.1, -0.05) is 23.7 Å². The van der Waals surface area contributed by atoms with E-state index < -0.39 is 0 Å².